The number of hydrogen-bond acceptors (Lipinski definition) is 7. The third kappa shape index (κ3) is 4.03. The fourth-order valence-electron chi connectivity index (χ4n) is 2.62. The normalized spacial score (nSPS) is 23.5. The standard InChI is InChI=1S/C13H24N4O4S/c1-10-14-13(21-15-10)12-8-11(20-4)9-17(12)6-5-7-22(18,19)16(2)3/h11-12H,5-9H2,1-4H3/t11-,12+/m0/s1. The molecule has 126 valence electrons. The number of aryl methyl sites for hydroxylation is 1. The molecule has 0 unspecified atom stereocenters. The topological polar surface area (TPSA) is 88.8 Å². The van der Waals surface area contributed by atoms with E-state index in [-0.39, 0.29) is 17.9 Å². The maximum Gasteiger partial charge on any atom is 0.244 e. The van der Waals surface area contributed by atoms with E-state index in [4.69, 9.17) is 9.26 Å². The zero-order chi connectivity index (χ0) is 16.3. The molecular weight excluding hydrogens is 308 g/mol. The number of methoxy groups -OCH3 is 1. The maximum atomic E-state index is 11.8. The molecule has 2 atom stereocenters. The Bertz CT molecular complexity index is 587. The molecule has 0 aliphatic carbocycles. The smallest absolute Gasteiger partial charge is 0.244 e. The molecule has 0 aromatic carbocycles. The molecule has 0 saturated carbocycles. The van der Waals surface area contributed by atoms with Gasteiger partial charge in [-0.25, -0.2) is 12.7 Å². The predicted molar refractivity (Wildman–Crippen MR) is 80.9 cm³/mol. The number of sulfonamides is 1. The lowest BCUT2D eigenvalue weighted by Gasteiger charge is -2.21. The molecule has 0 bridgehead atoms. The number of likely N-dealkylation sites (tertiary alicyclic amines) is 1. The quantitative estimate of drug-likeness (QED) is 0.715. The molecule has 0 spiro atoms. The highest BCUT2D eigenvalue weighted by molar-refractivity contribution is 7.89. The first kappa shape index (κ1) is 17.3. The van der Waals surface area contributed by atoms with Gasteiger partial charge in [0.25, 0.3) is 0 Å². The van der Waals surface area contributed by atoms with Crippen molar-refractivity contribution >= 4 is 10.0 Å². The summed E-state index contributed by atoms with van der Waals surface area (Å²) in [5.41, 5.74) is 0. The summed E-state index contributed by atoms with van der Waals surface area (Å²) in [6, 6.07) is -0.00629. The zero-order valence-electron chi connectivity index (χ0n) is 13.5. The molecule has 1 aromatic heterocycles. The molecule has 0 amide bonds. The number of nitrogens with zero attached hydrogens (tertiary/aromatic N) is 4. The van der Waals surface area contributed by atoms with Gasteiger partial charge < -0.3 is 9.26 Å². The van der Waals surface area contributed by atoms with Crippen molar-refractivity contribution in [1.29, 1.82) is 0 Å². The van der Waals surface area contributed by atoms with Crippen LogP contribution in [0.3, 0.4) is 0 Å². The molecule has 1 aromatic rings. The van der Waals surface area contributed by atoms with E-state index in [0.29, 0.717) is 24.7 Å². The summed E-state index contributed by atoms with van der Waals surface area (Å²) < 4.78 is 35.6. The second-order valence-electron chi connectivity index (χ2n) is 5.74. The monoisotopic (exact) mass is 332 g/mol. The van der Waals surface area contributed by atoms with Crippen LogP contribution in [0.25, 0.3) is 0 Å². The maximum absolute atomic E-state index is 11.8. The molecule has 8 nitrogen and oxygen atoms in total. The Morgan fingerprint density at radius 2 is 2.18 bits per heavy atom. The van der Waals surface area contributed by atoms with E-state index >= 15 is 0 Å². The Labute approximate surface area is 131 Å². The van der Waals surface area contributed by atoms with Crippen LogP contribution in [-0.2, 0) is 14.8 Å². The van der Waals surface area contributed by atoms with Gasteiger partial charge in [-0.05, 0) is 19.8 Å². The van der Waals surface area contributed by atoms with E-state index in [1.807, 2.05) is 0 Å². The van der Waals surface area contributed by atoms with E-state index in [1.54, 1.807) is 28.1 Å². The molecule has 1 fully saturated rings. The second-order valence-corrected chi connectivity index (χ2v) is 8.04. The SMILES string of the molecule is CO[C@H]1C[C@H](c2nc(C)no2)N(CCCS(=O)(=O)N(C)C)C1. The average Bonchev–Trinajstić information content (AvgIpc) is 3.04. The zero-order valence-corrected chi connectivity index (χ0v) is 14.3. The van der Waals surface area contributed by atoms with Crippen molar-refractivity contribution in [2.24, 2.45) is 0 Å². The molecule has 22 heavy (non-hydrogen) atoms. The van der Waals surface area contributed by atoms with Crippen LogP contribution in [-0.4, -0.2) is 73.9 Å². The highest BCUT2D eigenvalue weighted by atomic mass is 32.2. The Balaban J connectivity index is 1.98. The summed E-state index contributed by atoms with van der Waals surface area (Å²) >= 11 is 0. The molecule has 0 N–H and O–H groups in total. The second kappa shape index (κ2) is 7.03. The first-order valence-corrected chi connectivity index (χ1v) is 8.91. The third-order valence-electron chi connectivity index (χ3n) is 3.93. The Hall–Kier alpha value is -1.03. The molecule has 1 aliphatic rings. The first-order valence-electron chi connectivity index (χ1n) is 7.30. The fraction of sp³-hybridized carbons (Fsp3) is 0.846. The Kier molecular flexibility index (Phi) is 5.54. The van der Waals surface area contributed by atoms with Crippen LogP contribution in [0.5, 0.6) is 0 Å². The van der Waals surface area contributed by atoms with Gasteiger partial charge in [0.15, 0.2) is 5.82 Å². The number of rotatable bonds is 7. The minimum Gasteiger partial charge on any atom is -0.380 e. The molecule has 0 radical (unpaired) electrons. The van der Waals surface area contributed by atoms with Gasteiger partial charge in [-0.2, -0.15) is 4.98 Å². The lowest BCUT2D eigenvalue weighted by Crippen LogP contribution is -2.30. The molecule has 2 heterocycles. The van der Waals surface area contributed by atoms with Crippen molar-refractivity contribution in [2.45, 2.75) is 31.9 Å². The lowest BCUT2D eigenvalue weighted by atomic mass is 10.2. The summed E-state index contributed by atoms with van der Waals surface area (Å²) in [4.78, 5) is 6.45. The van der Waals surface area contributed by atoms with E-state index in [1.165, 1.54) is 4.31 Å². The van der Waals surface area contributed by atoms with Crippen molar-refractivity contribution < 1.29 is 17.7 Å². The van der Waals surface area contributed by atoms with Crippen molar-refractivity contribution in [3.8, 4) is 0 Å². The van der Waals surface area contributed by atoms with E-state index in [0.717, 1.165) is 13.0 Å². The van der Waals surface area contributed by atoms with E-state index < -0.39 is 10.0 Å². The fourth-order valence-corrected chi connectivity index (χ4v) is 3.48. The summed E-state index contributed by atoms with van der Waals surface area (Å²) in [6.45, 7) is 3.17. The van der Waals surface area contributed by atoms with Crippen molar-refractivity contribution in [2.75, 3.05) is 40.0 Å². The van der Waals surface area contributed by atoms with Crippen LogP contribution < -0.4 is 0 Å². The number of aromatic nitrogens is 2. The van der Waals surface area contributed by atoms with Crippen LogP contribution in [0, 0.1) is 6.92 Å². The van der Waals surface area contributed by atoms with Gasteiger partial charge in [-0.3, -0.25) is 4.90 Å². The minimum atomic E-state index is -3.16. The van der Waals surface area contributed by atoms with Crippen LogP contribution in [0.2, 0.25) is 0 Å². The third-order valence-corrected chi connectivity index (χ3v) is 5.85. The van der Waals surface area contributed by atoms with Crippen LogP contribution in [0.15, 0.2) is 4.52 Å². The van der Waals surface area contributed by atoms with Gasteiger partial charge in [0, 0.05) is 34.3 Å². The van der Waals surface area contributed by atoms with Gasteiger partial charge in [0.05, 0.1) is 17.9 Å². The summed E-state index contributed by atoms with van der Waals surface area (Å²) in [5, 5.41) is 3.83. The first-order chi connectivity index (χ1) is 10.3. The average molecular weight is 332 g/mol. The summed E-state index contributed by atoms with van der Waals surface area (Å²) in [6.07, 6.45) is 1.43. The van der Waals surface area contributed by atoms with Gasteiger partial charge in [-0.1, -0.05) is 5.16 Å². The summed E-state index contributed by atoms with van der Waals surface area (Å²) in [5.74, 6) is 1.31. The van der Waals surface area contributed by atoms with Gasteiger partial charge in [0.1, 0.15) is 0 Å². The molecular formula is C13H24N4O4S. The molecule has 1 aliphatic heterocycles. The highest BCUT2D eigenvalue weighted by Crippen LogP contribution is 2.32. The summed E-state index contributed by atoms with van der Waals surface area (Å²) in [7, 11) is 1.62. The van der Waals surface area contributed by atoms with Gasteiger partial charge in [-0.15, -0.1) is 0 Å². The predicted octanol–water partition coefficient (Wildman–Crippen LogP) is 0.421. The number of hydrogen-bond donors (Lipinski definition) is 0. The van der Waals surface area contributed by atoms with Crippen molar-refractivity contribution in [3.05, 3.63) is 11.7 Å². The largest absolute Gasteiger partial charge is 0.380 e. The van der Waals surface area contributed by atoms with Crippen LogP contribution >= 0.6 is 0 Å². The van der Waals surface area contributed by atoms with Crippen LogP contribution in [0.1, 0.15) is 30.6 Å². The Morgan fingerprint density at radius 3 is 2.73 bits per heavy atom. The molecule has 9 heteroatoms. The van der Waals surface area contributed by atoms with E-state index in [9.17, 15) is 8.42 Å². The van der Waals surface area contributed by atoms with Gasteiger partial charge >= 0.3 is 0 Å². The van der Waals surface area contributed by atoms with Crippen LogP contribution in [0.4, 0.5) is 0 Å². The lowest BCUT2D eigenvalue weighted by molar-refractivity contribution is 0.108. The molecule has 1 saturated heterocycles. The van der Waals surface area contributed by atoms with Crippen molar-refractivity contribution in [3.63, 3.8) is 0 Å². The molecule has 2 rings (SSSR count). The van der Waals surface area contributed by atoms with Crippen molar-refractivity contribution in [1.82, 2.24) is 19.3 Å². The highest BCUT2D eigenvalue weighted by Gasteiger charge is 2.36. The minimum absolute atomic E-state index is 0.00629. The number of ether oxygens (including phenoxy) is 1. The Morgan fingerprint density at radius 1 is 1.45 bits per heavy atom. The van der Waals surface area contributed by atoms with E-state index in [2.05, 4.69) is 15.0 Å². The van der Waals surface area contributed by atoms with Gasteiger partial charge in [0.2, 0.25) is 15.9 Å².